The number of aromatic nitrogens is 4. The van der Waals surface area contributed by atoms with Crippen LogP contribution in [0.15, 0.2) is 73.3 Å². The summed E-state index contributed by atoms with van der Waals surface area (Å²) in [6.07, 6.45) is 5.48. The van der Waals surface area contributed by atoms with E-state index >= 15 is 0 Å². The highest BCUT2D eigenvalue weighted by molar-refractivity contribution is 5.97. The third-order valence-corrected chi connectivity index (χ3v) is 5.70. The molecule has 0 saturated heterocycles. The van der Waals surface area contributed by atoms with Crippen LogP contribution >= 0.6 is 0 Å². The van der Waals surface area contributed by atoms with E-state index in [0.29, 0.717) is 37.3 Å². The van der Waals surface area contributed by atoms with Crippen molar-refractivity contribution in [2.45, 2.75) is 39.9 Å². The van der Waals surface area contributed by atoms with Gasteiger partial charge in [0, 0.05) is 54.4 Å². The Labute approximate surface area is 198 Å². The van der Waals surface area contributed by atoms with Crippen molar-refractivity contribution >= 4 is 17.5 Å². The molecule has 0 aliphatic heterocycles. The maximum atomic E-state index is 12.8. The van der Waals surface area contributed by atoms with Crippen LogP contribution in [0, 0.1) is 13.8 Å². The molecule has 0 spiro atoms. The monoisotopic (exact) mass is 456 g/mol. The first-order valence-electron chi connectivity index (χ1n) is 11.2. The van der Waals surface area contributed by atoms with Gasteiger partial charge in [-0.2, -0.15) is 5.10 Å². The molecule has 2 amide bonds. The largest absolute Gasteiger partial charge is 0.348 e. The minimum Gasteiger partial charge on any atom is -0.348 e. The summed E-state index contributed by atoms with van der Waals surface area (Å²) in [6, 6.07) is 17.1. The fraction of sp³-hybridized carbons (Fsp3) is 0.231. The summed E-state index contributed by atoms with van der Waals surface area (Å²) in [5, 5.41) is 10.5. The van der Waals surface area contributed by atoms with Gasteiger partial charge in [-0.05, 0) is 37.6 Å². The van der Waals surface area contributed by atoms with Gasteiger partial charge in [0.15, 0.2) is 0 Å². The highest BCUT2D eigenvalue weighted by atomic mass is 16.2. The Morgan fingerprint density at radius 3 is 2.62 bits per heavy atom. The van der Waals surface area contributed by atoms with Crippen molar-refractivity contribution in [1.82, 2.24) is 24.6 Å². The Bertz CT molecular complexity index is 1260. The maximum absolute atomic E-state index is 12.8. The number of nitrogens with one attached hydrogen (secondary N) is 2. The fourth-order valence-electron chi connectivity index (χ4n) is 3.78. The van der Waals surface area contributed by atoms with E-state index in [9.17, 15) is 9.59 Å². The molecule has 0 aliphatic rings. The van der Waals surface area contributed by atoms with Gasteiger partial charge in [-0.1, -0.05) is 36.4 Å². The zero-order valence-corrected chi connectivity index (χ0v) is 19.4. The highest BCUT2D eigenvalue weighted by Crippen LogP contribution is 2.16. The van der Waals surface area contributed by atoms with Gasteiger partial charge in [0.05, 0.1) is 18.6 Å². The minimum atomic E-state index is -0.205. The third-order valence-electron chi connectivity index (χ3n) is 5.70. The molecule has 2 N–H and O–H groups in total. The third kappa shape index (κ3) is 5.78. The van der Waals surface area contributed by atoms with Gasteiger partial charge in [0.2, 0.25) is 5.91 Å². The van der Waals surface area contributed by atoms with Gasteiger partial charge in [-0.3, -0.25) is 14.3 Å². The zero-order valence-electron chi connectivity index (χ0n) is 19.4. The topological polar surface area (TPSA) is 93.8 Å². The Kier molecular flexibility index (Phi) is 7.17. The molecule has 0 bridgehead atoms. The standard InChI is InChI=1S/C26H28N6O2/c1-19-24(20(2)32(30-19)17-21-7-4-3-5-8-21)16-28-26(34)22-9-6-10-23(15-22)29-25(33)11-13-31-14-12-27-18-31/h3-10,12,14-15,18H,11,13,16-17H2,1-2H3,(H,28,34)(H,29,33). The van der Waals surface area contributed by atoms with Gasteiger partial charge in [-0.25, -0.2) is 4.98 Å². The lowest BCUT2D eigenvalue weighted by Crippen LogP contribution is -2.23. The number of hydrogen-bond acceptors (Lipinski definition) is 4. The number of benzene rings is 2. The molecule has 8 heteroatoms. The van der Waals surface area contributed by atoms with Crippen molar-refractivity contribution in [3.8, 4) is 0 Å². The predicted molar refractivity (Wildman–Crippen MR) is 130 cm³/mol. The van der Waals surface area contributed by atoms with E-state index in [-0.39, 0.29) is 11.8 Å². The Morgan fingerprint density at radius 2 is 1.85 bits per heavy atom. The molecular formula is C26H28N6O2. The van der Waals surface area contributed by atoms with Crippen LogP contribution in [0.3, 0.4) is 0 Å². The molecule has 0 saturated carbocycles. The molecule has 0 aliphatic carbocycles. The van der Waals surface area contributed by atoms with Crippen LogP contribution in [0.4, 0.5) is 5.69 Å². The molecule has 8 nitrogen and oxygen atoms in total. The van der Waals surface area contributed by atoms with Crippen LogP contribution < -0.4 is 10.6 Å². The molecule has 174 valence electrons. The summed E-state index contributed by atoms with van der Waals surface area (Å²) in [7, 11) is 0. The average molecular weight is 457 g/mol. The predicted octanol–water partition coefficient (Wildman–Crippen LogP) is 3.70. The molecule has 34 heavy (non-hydrogen) atoms. The van der Waals surface area contributed by atoms with Crippen molar-refractivity contribution in [1.29, 1.82) is 0 Å². The first kappa shape index (κ1) is 23.0. The van der Waals surface area contributed by atoms with E-state index in [4.69, 9.17) is 0 Å². The SMILES string of the molecule is Cc1nn(Cc2ccccc2)c(C)c1CNC(=O)c1cccc(NC(=O)CCn2ccnc2)c1. The van der Waals surface area contributed by atoms with Crippen LogP contribution in [0.5, 0.6) is 0 Å². The molecule has 4 rings (SSSR count). The van der Waals surface area contributed by atoms with E-state index in [1.54, 1.807) is 36.8 Å². The lowest BCUT2D eigenvalue weighted by molar-refractivity contribution is -0.116. The van der Waals surface area contributed by atoms with Crippen LogP contribution in [0.25, 0.3) is 0 Å². The molecule has 2 heterocycles. The second-order valence-corrected chi connectivity index (χ2v) is 8.15. The Balaban J connectivity index is 1.34. The zero-order chi connectivity index (χ0) is 23.9. The number of amides is 2. The second-order valence-electron chi connectivity index (χ2n) is 8.15. The van der Waals surface area contributed by atoms with Gasteiger partial charge >= 0.3 is 0 Å². The number of carbonyl (C=O) groups excluding carboxylic acids is 2. The quantitative estimate of drug-likeness (QED) is 0.402. The van der Waals surface area contributed by atoms with Crippen molar-refractivity contribution in [2.24, 2.45) is 0 Å². The number of imidazole rings is 1. The minimum absolute atomic E-state index is 0.122. The molecule has 4 aromatic rings. The van der Waals surface area contributed by atoms with Crippen LogP contribution in [-0.4, -0.2) is 31.1 Å². The van der Waals surface area contributed by atoms with Crippen molar-refractivity contribution in [2.75, 3.05) is 5.32 Å². The molecular weight excluding hydrogens is 428 g/mol. The molecule has 0 unspecified atom stereocenters. The number of anilines is 1. The van der Waals surface area contributed by atoms with Crippen molar-refractivity contribution in [3.63, 3.8) is 0 Å². The number of carbonyl (C=O) groups is 2. The number of aryl methyl sites for hydroxylation is 2. The van der Waals surface area contributed by atoms with E-state index < -0.39 is 0 Å². The van der Waals surface area contributed by atoms with Crippen LogP contribution in [0.1, 0.15) is 39.3 Å². The van der Waals surface area contributed by atoms with E-state index in [0.717, 1.165) is 17.0 Å². The van der Waals surface area contributed by atoms with Crippen LogP contribution in [-0.2, 0) is 24.4 Å². The molecule has 0 fully saturated rings. The normalized spacial score (nSPS) is 10.8. The smallest absolute Gasteiger partial charge is 0.251 e. The van der Waals surface area contributed by atoms with Gasteiger partial charge < -0.3 is 15.2 Å². The highest BCUT2D eigenvalue weighted by Gasteiger charge is 2.14. The summed E-state index contributed by atoms with van der Waals surface area (Å²) in [5.74, 6) is -0.326. The summed E-state index contributed by atoms with van der Waals surface area (Å²) in [5.41, 5.74) is 5.18. The average Bonchev–Trinajstić information content (AvgIpc) is 3.45. The van der Waals surface area contributed by atoms with E-state index in [1.807, 2.05) is 47.5 Å². The van der Waals surface area contributed by atoms with Crippen LogP contribution in [0.2, 0.25) is 0 Å². The number of rotatable bonds is 9. The Morgan fingerprint density at radius 1 is 1.03 bits per heavy atom. The molecule has 2 aromatic carbocycles. The first-order chi connectivity index (χ1) is 16.5. The van der Waals surface area contributed by atoms with E-state index in [1.165, 1.54) is 5.56 Å². The summed E-state index contributed by atoms with van der Waals surface area (Å²) >= 11 is 0. The van der Waals surface area contributed by atoms with Gasteiger partial charge in [0.1, 0.15) is 0 Å². The molecule has 0 atom stereocenters. The fourth-order valence-corrected chi connectivity index (χ4v) is 3.78. The summed E-state index contributed by atoms with van der Waals surface area (Å²) < 4.78 is 3.81. The maximum Gasteiger partial charge on any atom is 0.251 e. The van der Waals surface area contributed by atoms with Crippen molar-refractivity contribution < 1.29 is 9.59 Å². The lowest BCUT2D eigenvalue weighted by atomic mass is 10.1. The second kappa shape index (κ2) is 10.6. The summed E-state index contributed by atoms with van der Waals surface area (Å²) in [6.45, 7) is 5.58. The number of nitrogens with zero attached hydrogens (tertiary/aromatic N) is 4. The summed E-state index contributed by atoms with van der Waals surface area (Å²) in [4.78, 5) is 29.0. The molecule has 2 aromatic heterocycles. The lowest BCUT2D eigenvalue weighted by Gasteiger charge is -2.09. The Hall–Kier alpha value is -4.20. The van der Waals surface area contributed by atoms with Gasteiger partial charge in [-0.15, -0.1) is 0 Å². The van der Waals surface area contributed by atoms with E-state index in [2.05, 4.69) is 32.8 Å². The first-order valence-corrected chi connectivity index (χ1v) is 11.2. The number of hydrogen-bond donors (Lipinski definition) is 2. The van der Waals surface area contributed by atoms with Crippen molar-refractivity contribution in [3.05, 3.63) is 101 Å². The molecule has 0 radical (unpaired) electrons. The van der Waals surface area contributed by atoms with Gasteiger partial charge in [0.25, 0.3) is 5.91 Å².